The molecule has 0 saturated carbocycles. The summed E-state index contributed by atoms with van der Waals surface area (Å²) < 4.78 is 5.22. The topological polar surface area (TPSA) is 9.23 Å². The third-order valence-electron chi connectivity index (χ3n) is 1.79. The minimum atomic E-state index is 0.219. The van der Waals surface area contributed by atoms with Crippen LogP contribution in [-0.4, -0.2) is 17.1 Å². The molecule has 0 N–H and O–H groups in total. The Bertz CT molecular complexity index is 95.4. The van der Waals surface area contributed by atoms with Crippen molar-refractivity contribution in [3.05, 3.63) is 12.7 Å². The van der Waals surface area contributed by atoms with E-state index in [4.69, 9.17) is 4.43 Å². The Balaban J connectivity index is 3.81. The van der Waals surface area contributed by atoms with Gasteiger partial charge in [-0.1, -0.05) is 26.3 Å². The van der Waals surface area contributed by atoms with Crippen molar-refractivity contribution in [2.24, 2.45) is 5.41 Å². The summed E-state index contributed by atoms with van der Waals surface area (Å²) in [5, 5.41) is 0. The molecule has 0 aliphatic carbocycles. The second-order valence-electron chi connectivity index (χ2n) is 3.04. The largest absolute Gasteiger partial charge is 0.427 e. The van der Waals surface area contributed by atoms with Crippen LogP contribution in [0.5, 0.6) is 0 Å². The summed E-state index contributed by atoms with van der Waals surface area (Å²) in [4.78, 5) is 0. The Morgan fingerprint density at radius 1 is 1.70 bits per heavy atom. The summed E-state index contributed by atoms with van der Waals surface area (Å²) >= 11 is 0. The molecule has 0 saturated heterocycles. The highest BCUT2D eigenvalue weighted by molar-refractivity contribution is 5.97. The molecule has 0 aromatic heterocycles. The maximum Gasteiger partial charge on any atom is 0.146 e. The van der Waals surface area contributed by atoms with Crippen LogP contribution in [0.3, 0.4) is 0 Å². The highest BCUT2D eigenvalue weighted by Crippen LogP contribution is 2.23. The summed E-state index contributed by atoms with van der Waals surface area (Å²) in [5.41, 5.74) is 0.219. The molecule has 0 radical (unpaired) electrons. The summed E-state index contributed by atoms with van der Waals surface area (Å²) in [7, 11) is 0.834. The zero-order valence-electron chi connectivity index (χ0n) is 7.31. The van der Waals surface area contributed by atoms with Gasteiger partial charge >= 0.3 is 0 Å². The Morgan fingerprint density at radius 3 is 2.60 bits per heavy atom. The Morgan fingerprint density at radius 2 is 2.30 bits per heavy atom. The van der Waals surface area contributed by atoms with Gasteiger partial charge in [-0.15, -0.1) is 6.58 Å². The molecule has 2 heteroatoms. The summed E-state index contributed by atoms with van der Waals surface area (Å²) in [6.45, 7) is 9.03. The molecule has 1 atom stereocenters. The molecule has 0 aliphatic rings. The average molecular weight is 158 g/mol. The zero-order valence-corrected chi connectivity index (χ0v) is 9.31. The SMILES string of the molecule is C=CC(C)(CCC)CO[SiH3]. The van der Waals surface area contributed by atoms with Gasteiger partial charge in [0.05, 0.1) is 0 Å². The zero-order chi connectivity index (χ0) is 8.04. The summed E-state index contributed by atoms with van der Waals surface area (Å²) in [6.07, 6.45) is 4.39. The smallest absolute Gasteiger partial charge is 0.146 e. The highest BCUT2D eigenvalue weighted by Gasteiger charge is 2.17. The van der Waals surface area contributed by atoms with Crippen molar-refractivity contribution in [3.63, 3.8) is 0 Å². The minimum Gasteiger partial charge on any atom is -0.427 e. The lowest BCUT2D eigenvalue weighted by atomic mass is 9.87. The molecule has 0 rings (SSSR count). The standard InChI is InChI=1S/C8H18OSi/c1-4-6-8(3,5-2)7-9-10/h5H,2,4,6-7H2,1,3,10H3. The number of rotatable bonds is 5. The van der Waals surface area contributed by atoms with Crippen molar-refractivity contribution in [1.29, 1.82) is 0 Å². The van der Waals surface area contributed by atoms with Crippen LogP contribution < -0.4 is 0 Å². The van der Waals surface area contributed by atoms with Crippen molar-refractivity contribution in [2.75, 3.05) is 6.61 Å². The Hall–Kier alpha value is -0.0831. The first-order chi connectivity index (χ1) is 4.68. The second-order valence-corrected chi connectivity index (χ2v) is 3.62. The lowest BCUT2D eigenvalue weighted by Gasteiger charge is -2.23. The second kappa shape index (κ2) is 4.69. The molecule has 0 fully saturated rings. The van der Waals surface area contributed by atoms with Crippen LogP contribution in [0.1, 0.15) is 26.7 Å². The molecule has 1 unspecified atom stereocenters. The molecule has 0 aromatic rings. The molecule has 60 valence electrons. The van der Waals surface area contributed by atoms with Crippen LogP contribution in [0, 0.1) is 5.41 Å². The third-order valence-corrected chi connectivity index (χ3v) is 2.08. The number of hydrogen-bond donors (Lipinski definition) is 0. The summed E-state index contributed by atoms with van der Waals surface area (Å²) in [5.74, 6) is 0. The van der Waals surface area contributed by atoms with E-state index in [-0.39, 0.29) is 5.41 Å². The fourth-order valence-corrected chi connectivity index (χ4v) is 1.79. The van der Waals surface area contributed by atoms with Crippen molar-refractivity contribution in [1.82, 2.24) is 0 Å². The first kappa shape index (κ1) is 9.92. The van der Waals surface area contributed by atoms with Crippen LogP contribution in [0.4, 0.5) is 0 Å². The molecule has 0 heterocycles. The van der Waals surface area contributed by atoms with Gasteiger partial charge in [0.2, 0.25) is 0 Å². The van der Waals surface area contributed by atoms with Crippen molar-refractivity contribution in [3.8, 4) is 0 Å². The van der Waals surface area contributed by atoms with Gasteiger partial charge < -0.3 is 4.43 Å². The van der Waals surface area contributed by atoms with E-state index < -0.39 is 0 Å². The van der Waals surface area contributed by atoms with Crippen LogP contribution >= 0.6 is 0 Å². The van der Waals surface area contributed by atoms with E-state index in [2.05, 4.69) is 20.4 Å². The molecular formula is C8H18OSi. The van der Waals surface area contributed by atoms with Crippen molar-refractivity contribution < 1.29 is 4.43 Å². The van der Waals surface area contributed by atoms with E-state index in [1.54, 1.807) is 0 Å². The van der Waals surface area contributed by atoms with Crippen molar-refractivity contribution in [2.45, 2.75) is 26.7 Å². The molecule has 10 heavy (non-hydrogen) atoms. The lowest BCUT2D eigenvalue weighted by Crippen LogP contribution is -2.19. The number of hydrogen-bond acceptors (Lipinski definition) is 1. The average Bonchev–Trinajstić information content (AvgIpc) is 1.89. The van der Waals surface area contributed by atoms with E-state index in [1.165, 1.54) is 12.8 Å². The molecule has 0 aromatic carbocycles. The van der Waals surface area contributed by atoms with Crippen LogP contribution in [-0.2, 0) is 4.43 Å². The van der Waals surface area contributed by atoms with E-state index in [0.717, 1.165) is 17.1 Å². The molecule has 0 aliphatic heterocycles. The van der Waals surface area contributed by atoms with Gasteiger partial charge in [-0.25, -0.2) is 0 Å². The highest BCUT2D eigenvalue weighted by atomic mass is 28.2. The van der Waals surface area contributed by atoms with Gasteiger partial charge in [0.15, 0.2) is 0 Å². The molecule has 0 bridgehead atoms. The van der Waals surface area contributed by atoms with E-state index in [0.29, 0.717) is 0 Å². The van der Waals surface area contributed by atoms with Gasteiger partial charge in [0, 0.05) is 12.0 Å². The maximum absolute atomic E-state index is 5.22. The van der Waals surface area contributed by atoms with Gasteiger partial charge in [-0.05, 0) is 6.42 Å². The lowest BCUT2D eigenvalue weighted by molar-refractivity contribution is 0.209. The first-order valence-corrected chi connectivity index (χ1v) is 4.62. The molecule has 0 amide bonds. The van der Waals surface area contributed by atoms with Crippen LogP contribution in [0.15, 0.2) is 12.7 Å². The monoisotopic (exact) mass is 158 g/mol. The third kappa shape index (κ3) is 3.18. The van der Waals surface area contributed by atoms with Crippen LogP contribution in [0.2, 0.25) is 0 Å². The molecule has 0 spiro atoms. The predicted octanol–water partition coefficient (Wildman–Crippen LogP) is 1.28. The quantitative estimate of drug-likeness (QED) is 0.432. The Kier molecular flexibility index (Phi) is 4.65. The van der Waals surface area contributed by atoms with Gasteiger partial charge in [-0.2, -0.15) is 0 Å². The first-order valence-electron chi connectivity index (χ1n) is 3.81. The van der Waals surface area contributed by atoms with Gasteiger partial charge in [0.25, 0.3) is 0 Å². The van der Waals surface area contributed by atoms with Gasteiger partial charge in [-0.3, -0.25) is 0 Å². The minimum absolute atomic E-state index is 0.219. The molecular weight excluding hydrogens is 140 g/mol. The van der Waals surface area contributed by atoms with E-state index in [1.807, 2.05) is 6.08 Å². The fraction of sp³-hybridized carbons (Fsp3) is 0.750. The van der Waals surface area contributed by atoms with Gasteiger partial charge in [0.1, 0.15) is 10.5 Å². The summed E-state index contributed by atoms with van der Waals surface area (Å²) in [6, 6.07) is 0. The van der Waals surface area contributed by atoms with Crippen molar-refractivity contribution >= 4 is 10.5 Å². The maximum atomic E-state index is 5.22. The normalized spacial score (nSPS) is 16.6. The Labute approximate surface area is 67.0 Å². The predicted molar refractivity (Wildman–Crippen MR) is 49.1 cm³/mol. The fourth-order valence-electron chi connectivity index (χ4n) is 1.13. The van der Waals surface area contributed by atoms with E-state index >= 15 is 0 Å². The van der Waals surface area contributed by atoms with E-state index in [9.17, 15) is 0 Å². The van der Waals surface area contributed by atoms with Crippen LogP contribution in [0.25, 0.3) is 0 Å². The molecule has 1 nitrogen and oxygen atoms in total.